The molecule has 1 aliphatic carbocycles. The summed E-state index contributed by atoms with van der Waals surface area (Å²) in [5.74, 6) is 0.639. The molecule has 0 bridgehead atoms. The van der Waals surface area contributed by atoms with Gasteiger partial charge in [-0.25, -0.2) is 0 Å². The van der Waals surface area contributed by atoms with Crippen molar-refractivity contribution in [1.82, 2.24) is 5.32 Å². The Morgan fingerprint density at radius 3 is 2.56 bits per heavy atom. The third kappa shape index (κ3) is 4.97. The van der Waals surface area contributed by atoms with Crippen LogP contribution in [-0.2, 0) is 17.6 Å². The molecule has 132 valence electrons. The third-order valence-electron chi connectivity index (χ3n) is 4.70. The lowest BCUT2D eigenvalue weighted by molar-refractivity contribution is -0.123. The van der Waals surface area contributed by atoms with Gasteiger partial charge in [-0.15, -0.1) is 0 Å². The molecule has 0 aliphatic heterocycles. The minimum absolute atomic E-state index is 0.0417. The van der Waals surface area contributed by atoms with Gasteiger partial charge < -0.3 is 10.1 Å². The Balaban J connectivity index is 1.59. The highest BCUT2D eigenvalue weighted by atomic mass is 127. The number of hydrogen-bond donors (Lipinski definition) is 1. The van der Waals surface area contributed by atoms with E-state index < -0.39 is 0 Å². The Morgan fingerprint density at radius 1 is 1.12 bits per heavy atom. The van der Waals surface area contributed by atoms with E-state index >= 15 is 0 Å². The van der Waals surface area contributed by atoms with E-state index in [-0.39, 0.29) is 18.6 Å². The van der Waals surface area contributed by atoms with Crippen LogP contribution in [0.25, 0.3) is 0 Å². The van der Waals surface area contributed by atoms with Crippen LogP contribution in [0.15, 0.2) is 42.5 Å². The number of rotatable bonds is 6. The lowest BCUT2D eigenvalue weighted by Gasteiger charge is -2.21. The molecule has 1 N–H and O–H groups in total. The fourth-order valence-corrected chi connectivity index (χ4v) is 3.67. The summed E-state index contributed by atoms with van der Waals surface area (Å²) in [6.07, 6.45) is 5.76. The van der Waals surface area contributed by atoms with Crippen LogP contribution >= 0.6 is 22.6 Å². The van der Waals surface area contributed by atoms with Crippen LogP contribution in [0.2, 0.25) is 0 Å². The highest BCUT2D eigenvalue weighted by Gasteiger charge is 2.16. The number of fused-ring (bicyclic) bond motifs is 1. The van der Waals surface area contributed by atoms with Gasteiger partial charge >= 0.3 is 0 Å². The highest BCUT2D eigenvalue weighted by molar-refractivity contribution is 14.1. The van der Waals surface area contributed by atoms with Crippen LogP contribution in [0.5, 0.6) is 5.75 Å². The minimum atomic E-state index is -0.0804. The highest BCUT2D eigenvalue weighted by Crippen LogP contribution is 2.26. The second-order valence-electron chi connectivity index (χ2n) is 6.51. The lowest BCUT2D eigenvalue weighted by Crippen LogP contribution is -2.32. The van der Waals surface area contributed by atoms with Crippen LogP contribution in [0.3, 0.4) is 0 Å². The molecular weight excluding hydrogens is 425 g/mol. The summed E-state index contributed by atoms with van der Waals surface area (Å²) in [6.45, 7) is 2.15. The van der Waals surface area contributed by atoms with E-state index in [1.165, 1.54) is 36.0 Å². The fraction of sp³-hybridized carbons (Fsp3) is 0.381. The molecule has 0 saturated carbocycles. The predicted octanol–water partition coefficient (Wildman–Crippen LogP) is 4.82. The van der Waals surface area contributed by atoms with Crippen molar-refractivity contribution in [3.8, 4) is 5.75 Å². The number of hydrogen-bond acceptors (Lipinski definition) is 2. The van der Waals surface area contributed by atoms with Gasteiger partial charge in [-0.3, -0.25) is 4.79 Å². The number of ether oxygens (including phenoxy) is 1. The molecule has 3 rings (SSSR count). The minimum Gasteiger partial charge on any atom is -0.484 e. The molecule has 2 aromatic carbocycles. The number of carbonyl (C=O) groups is 1. The Bertz CT molecular complexity index is 727. The summed E-state index contributed by atoms with van der Waals surface area (Å²) in [5, 5.41) is 3.11. The molecule has 3 nitrogen and oxygen atoms in total. The van der Waals surface area contributed by atoms with Gasteiger partial charge in [-0.2, -0.15) is 0 Å². The van der Waals surface area contributed by atoms with Crippen molar-refractivity contribution in [2.75, 3.05) is 6.61 Å². The summed E-state index contributed by atoms with van der Waals surface area (Å²) >= 11 is 2.25. The average Bonchev–Trinajstić information content (AvgIpc) is 2.65. The second-order valence-corrected chi connectivity index (χ2v) is 7.75. The number of halogens is 1. The first-order chi connectivity index (χ1) is 12.2. The predicted molar refractivity (Wildman–Crippen MR) is 109 cm³/mol. The Morgan fingerprint density at radius 2 is 1.84 bits per heavy atom. The van der Waals surface area contributed by atoms with E-state index in [9.17, 15) is 4.79 Å². The summed E-state index contributed by atoms with van der Waals surface area (Å²) in [5.41, 5.74) is 4.12. The van der Waals surface area contributed by atoms with Crippen molar-refractivity contribution in [2.24, 2.45) is 0 Å². The molecule has 4 heteroatoms. The molecule has 0 unspecified atom stereocenters. The number of amides is 1. The first-order valence-corrected chi connectivity index (χ1v) is 10.0. The number of carbonyl (C=O) groups excluding carboxylic acids is 1. The summed E-state index contributed by atoms with van der Waals surface area (Å²) in [6, 6.07) is 14.4. The van der Waals surface area contributed by atoms with Gasteiger partial charge in [0.2, 0.25) is 0 Å². The van der Waals surface area contributed by atoms with Crippen LogP contribution in [-0.4, -0.2) is 12.5 Å². The van der Waals surface area contributed by atoms with E-state index in [2.05, 4.69) is 53.0 Å². The molecule has 0 heterocycles. The van der Waals surface area contributed by atoms with Crippen LogP contribution in [0, 0.1) is 3.57 Å². The molecule has 0 fully saturated rings. The zero-order chi connectivity index (χ0) is 17.6. The summed E-state index contributed by atoms with van der Waals surface area (Å²) in [7, 11) is 0. The molecule has 0 radical (unpaired) electrons. The van der Waals surface area contributed by atoms with Gasteiger partial charge in [0.15, 0.2) is 6.61 Å². The maximum atomic E-state index is 12.3. The first kappa shape index (κ1) is 18.2. The standard InChI is InChI=1S/C21H24INO2/c1-2-20(17-8-7-15-5-3-4-6-16(15)13-17)23-21(24)14-25-19-11-9-18(22)10-12-19/h7-13,20H,2-6,14H2,1H3,(H,23,24)/t20-/m0/s1. The molecule has 0 spiro atoms. The van der Waals surface area contributed by atoms with Gasteiger partial charge in [0.05, 0.1) is 6.04 Å². The van der Waals surface area contributed by atoms with E-state index in [0.717, 1.165) is 22.2 Å². The van der Waals surface area contributed by atoms with E-state index in [4.69, 9.17) is 4.74 Å². The molecule has 1 aliphatic rings. The Kier molecular flexibility index (Phi) is 6.34. The van der Waals surface area contributed by atoms with E-state index in [1.807, 2.05) is 24.3 Å². The summed E-state index contributed by atoms with van der Waals surface area (Å²) in [4.78, 5) is 12.3. The normalized spacial score (nSPS) is 14.5. The van der Waals surface area contributed by atoms with Crippen molar-refractivity contribution in [1.29, 1.82) is 0 Å². The van der Waals surface area contributed by atoms with Gasteiger partial charge in [0.25, 0.3) is 5.91 Å². The molecular formula is C21H24INO2. The van der Waals surface area contributed by atoms with Crippen molar-refractivity contribution in [2.45, 2.75) is 45.1 Å². The monoisotopic (exact) mass is 449 g/mol. The molecule has 0 aromatic heterocycles. The SMILES string of the molecule is CC[C@H](NC(=O)COc1ccc(I)cc1)c1ccc2c(c1)CCCC2. The zero-order valence-electron chi connectivity index (χ0n) is 14.6. The quantitative estimate of drug-likeness (QED) is 0.643. The third-order valence-corrected chi connectivity index (χ3v) is 5.42. The average molecular weight is 449 g/mol. The summed E-state index contributed by atoms with van der Waals surface area (Å²) < 4.78 is 6.73. The Labute approximate surface area is 163 Å². The first-order valence-electron chi connectivity index (χ1n) is 8.95. The van der Waals surface area contributed by atoms with Gasteiger partial charge in [-0.1, -0.05) is 25.1 Å². The Hall–Kier alpha value is -1.56. The maximum absolute atomic E-state index is 12.3. The van der Waals surface area contributed by atoms with E-state index in [1.54, 1.807) is 0 Å². The molecule has 1 atom stereocenters. The second kappa shape index (κ2) is 8.70. The van der Waals surface area contributed by atoms with Gasteiger partial charge in [-0.05, 0) is 95.7 Å². The number of benzene rings is 2. The van der Waals surface area contributed by atoms with Crippen LogP contribution < -0.4 is 10.1 Å². The smallest absolute Gasteiger partial charge is 0.258 e. The topological polar surface area (TPSA) is 38.3 Å². The zero-order valence-corrected chi connectivity index (χ0v) is 16.7. The van der Waals surface area contributed by atoms with Crippen LogP contribution in [0.1, 0.15) is 48.9 Å². The number of nitrogens with one attached hydrogen (secondary N) is 1. The molecule has 2 aromatic rings. The van der Waals surface area contributed by atoms with Crippen molar-refractivity contribution < 1.29 is 9.53 Å². The fourth-order valence-electron chi connectivity index (χ4n) is 3.31. The molecule has 0 saturated heterocycles. The number of aryl methyl sites for hydroxylation is 2. The largest absolute Gasteiger partial charge is 0.484 e. The van der Waals surface area contributed by atoms with Crippen molar-refractivity contribution >= 4 is 28.5 Å². The van der Waals surface area contributed by atoms with Crippen molar-refractivity contribution in [3.63, 3.8) is 0 Å². The molecule has 1 amide bonds. The van der Waals surface area contributed by atoms with Crippen molar-refractivity contribution in [3.05, 3.63) is 62.7 Å². The van der Waals surface area contributed by atoms with E-state index in [0.29, 0.717) is 0 Å². The van der Waals surface area contributed by atoms with Gasteiger partial charge in [0.1, 0.15) is 5.75 Å². The van der Waals surface area contributed by atoms with Crippen LogP contribution in [0.4, 0.5) is 0 Å². The lowest BCUT2D eigenvalue weighted by atomic mass is 9.89. The van der Waals surface area contributed by atoms with Gasteiger partial charge in [0, 0.05) is 3.57 Å². The maximum Gasteiger partial charge on any atom is 0.258 e. The molecule has 25 heavy (non-hydrogen) atoms.